The van der Waals surface area contributed by atoms with Gasteiger partial charge in [-0.05, 0) is 35.0 Å². The lowest BCUT2D eigenvalue weighted by Crippen LogP contribution is -2.31. The molecule has 0 radical (unpaired) electrons. The van der Waals surface area contributed by atoms with Gasteiger partial charge in [0.15, 0.2) is 5.69 Å². The Kier molecular flexibility index (Phi) is 6.38. The van der Waals surface area contributed by atoms with E-state index in [1.165, 1.54) is 38.1 Å². The third-order valence-electron chi connectivity index (χ3n) is 3.46. The summed E-state index contributed by atoms with van der Waals surface area (Å²) in [6.45, 7) is 4.82. The molecule has 0 saturated carbocycles. The number of ether oxygens (including phenoxy) is 1. The topological polar surface area (TPSA) is 141 Å². The third-order valence-corrected chi connectivity index (χ3v) is 3.46. The summed E-state index contributed by atoms with van der Waals surface area (Å²) >= 11 is 0. The lowest BCUT2D eigenvalue weighted by atomic mass is 10.1. The second-order valence-corrected chi connectivity index (χ2v) is 5.72. The minimum atomic E-state index is -0.813. The van der Waals surface area contributed by atoms with Crippen LogP contribution in [-0.4, -0.2) is 34.2 Å². The number of amides is 3. The number of nitrogens with zero attached hydrogens (tertiary/aromatic N) is 2. The van der Waals surface area contributed by atoms with Crippen LogP contribution in [0.5, 0.6) is 5.75 Å². The lowest BCUT2D eigenvalue weighted by molar-refractivity contribution is -0.389. The Labute approximate surface area is 160 Å². The number of aryl methyl sites for hydroxylation is 1. The van der Waals surface area contributed by atoms with Crippen molar-refractivity contribution in [1.82, 2.24) is 10.3 Å². The van der Waals surface area contributed by atoms with Crippen molar-refractivity contribution in [3.05, 3.63) is 57.3 Å². The largest absolute Gasteiger partial charge is 0.493 e. The van der Waals surface area contributed by atoms with E-state index >= 15 is 0 Å². The van der Waals surface area contributed by atoms with Crippen molar-refractivity contribution in [3.8, 4) is 5.75 Å². The molecule has 0 unspecified atom stereocenters. The monoisotopic (exact) mass is 386 g/mol. The number of aromatic nitrogens is 1. The van der Waals surface area contributed by atoms with E-state index in [1.54, 1.807) is 6.92 Å². The molecule has 2 rings (SSSR count). The van der Waals surface area contributed by atoms with E-state index < -0.39 is 22.6 Å². The average Bonchev–Trinajstić information content (AvgIpc) is 2.61. The molecule has 10 nitrogen and oxygen atoms in total. The zero-order chi connectivity index (χ0) is 20.8. The molecular formula is C18H18N4O6. The van der Waals surface area contributed by atoms with E-state index in [9.17, 15) is 24.5 Å². The number of nitrogens with one attached hydrogen (secondary N) is 2. The van der Waals surface area contributed by atoms with Crippen molar-refractivity contribution in [2.24, 2.45) is 0 Å². The van der Waals surface area contributed by atoms with Gasteiger partial charge in [0, 0.05) is 31.7 Å². The van der Waals surface area contributed by atoms with E-state index in [2.05, 4.69) is 15.6 Å². The number of carbonyl (C=O) groups is 3. The van der Waals surface area contributed by atoms with Crippen molar-refractivity contribution < 1.29 is 24.0 Å². The van der Waals surface area contributed by atoms with Gasteiger partial charge in [-0.1, -0.05) is 0 Å². The van der Waals surface area contributed by atoms with E-state index in [-0.39, 0.29) is 35.1 Å². The number of carbonyl (C=O) groups excluding carboxylic acids is 3. The molecule has 0 aliphatic carbocycles. The number of imide groups is 1. The Morgan fingerprint density at radius 1 is 1.18 bits per heavy atom. The standard InChI is InChI=1S/C18H18N4O6/c1-4-28-15-9-13(20-11(3)23)5-6-14(15)18(25)21-17(24)12-7-10(2)19-16(8-12)22(26)27/h5-9H,4H2,1-3H3,(H,20,23)(H,21,24,25). The van der Waals surface area contributed by atoms with Crippen molar-refractivity contribution in [3.63, 3.8) is 0 Å². The van der Waals surface area contributed by atoms with E-state index in [4.69, 9.17) is 4.74 Å². The van der Waals surface area contributed by atoms with Crippen LogP contribution in [0.3, 0.4) is 0 Å². The first-order chi connectivity index (χ1) is 13.2. The maximum Gasteiger partial charge on any atom is 0.364 e. The fraction of sp³-hybridized carbons (Fsp3) is 0.222. The molecule has 28 heavy (non-hydrogen) atoms. The van der Waals surface area contributed by atoms with Crippen LogP contribution in [0.2, 0.25) is 0 Å². The van der Waals surface area contributed by atoms with Crippen LogP contribution < -0.4 is 15.4 Å². The number of hydrogen-bond donors (Lipinski definition) is 2. The molecular weight excluding hydrogens is 368 g/mol. The van der Waals surface area contributed by atoms with Crippen LogP contribution in [0.1, 0.15) is 40.3 Å². The second kappa shape index (κ2) is 8.71. The summed E-state index contributed by atoms with van der Waals surface area (Å²) in [5, 5.41) is 15.6. The van der Waals surface area contributed by atoms with Gasteiger partial charge in [-0.2, -0.15) is 0 Å². The quantitative estimate of drug-likeness (QED) is 0.440. The number of benzene rings is 1. The third kappa shape index (κ3) is 5.10. The average molecular weight is 386 g/mol. The highest BCUT2D eigenvalue weighted by Gasteiger charge is 2.20. The molecule has 2 N–H and O–H groups in total. The van der Waals surface area contributed by atoms with Gasteiger partial charge in [0.25, 0.3) is 11.8 Å². The Morgan fingerprint density at radius 2 is 1.89 bits per heavy atom. The molecule has 0 atom stereocenters. The van der Waals surface area contributed by atoms with E-state index in [0.29, 0.717) is 5.69 Å². The molecule has 0 aliphatic rings. The van der Waals surface area contributed by atoms with E-state index in [0.717, 1.165) is 6.07 Å². The highest BCUT2D eigenvalue weighted by atomic mass is 16.6. The van der Waals surface area contributed by atoms with Gasteiger partial charge in [0.1, 0.15) is 5.75 Å². The summed E-state index contributed by atoms with van der Waals surface area (Å²) in [5.41, 5.74) is 0.700. The first kappa shape index (κ1) is 20.5. The van der Waals surface area contributed by atoms with Crippen molar-refractivity contribution in [2.75, 3.05) is 11.9 Å². The lowest BCUT2D eigenvalue weighted by Gasteiger charge is -2.12. The first-order valence-electron chi connectivity index (χ1n) is 8.24. The van der Waals surface area contributed by atoms with Crippen LogP contribution >= 0.6 is 0 Å². The van der Waals surface area contributed by atoms with Gasteiger partial charge in [-0.25, -0.2) is 0 Å². The summed E-state index contributed by atoms with van der Waals surface area (Å²) in [7, 11) is 0. The Morgan fingerprint density at radius 3 is 2.50 bits per heavy atom. The highest BCUT2D eigenvalue weighted by Crippen LogP contribution is 2.24. The minimum absolute atomic E-state index is 0.0691. The number of anilines is 1. The molecule has 0 aliphatic heterocycles. The van der Waals surface area contributed by atoms with Gasteiger partial charge in [0.05, 0.1) is 17.7 Å². The molecule has 0 spiro atoms. The summed E-state index contributed by atoms with van der Waals surface area (Å²) in [6.07, 6.45) is 0. The van der Waals surface area contributed by atoms with Crippen LogP contribution in [-0.2, 0) is 4.79 Å². The summed E-state index contributed by atoms with van der Waals surface area (Å²) < 4.78 is 5.41. The zero-order valence-corrected chi connectivity index (χ0v) is 15.4. The Bertz CT molecular complexity index is 957. The Balaban J connectivity index is 2.27. The van der Waals surface area contributed by atoms with Gasteiger partial charge >= 0.3 is 5.82 Å². The SMILES string of the molecule is CCOc1cc(NC(C)=O)ccc1C(=O)NC(=O)c1cc(C)nc([N+](=O)[O-])c1. The molecule has 146 valence electrons. The molecule has 0 saturated heterocycles. The number of pyridine rings is 1. The minimum Gasteiger partial charge on any atom is -0.493 e. The maximum atomic E-state index is 12.5. The normalized spacial score (nSPS) is 10.1. The van der Waals surface area contributed by atoms with Crippen molar-refractivity contribution in [2.45, 2.75) is 20.8 Å². The van der Waals surface area contributed by atoms with Gasteiger partial charge in [-0.15, -0.1) is 0 Å². The summed E-state index contributed by atoms with van der Waals surface area (Å²) in [6, 6.07) is 6.67. The zero-order valence-electron chi connectivity index (χ0n) is 15.4. The second-order valence-electron chi connectivity index (χ2n) is 5.72. The molecule has 0 fully saturated rings. The summed E-state index contributed by atoms with van der Waals surface area (Å²) in [5.74, 6) is -2.17. The van der Waals surface area contributed by atoms with Crippen molar-refractivity contribution >= 4 is 29.2 Å². The maximum absolute atomic E-state index is 12.5. The van der Waals surface area contributed by atoms with Crippen LogP contribution in [0.25, 0.3) is 0 Å². The fourth-order valence-electron chi connectivity index (χ4n) is 2.38. The predicted molar refractivity (Wildman–Crippen MR) is 99.3 cm³/mol. The molecule has 1 heterocycles. The number of nitro groups is 1. The molecule has 1 aromatic heterocycles. The molecule has 2 aromatic rings. The fourth-order valence-corrected chi connectivity index (χ4v) is 2.38. The van der Waals surface area contributed by atoms with Gasteiger partial charge in [-0.3, -0.25) is 19.7 Å². The van der Waals surface area contributed by atoms with Crippen molar-refractivity contribution in [1.29, 1.82) is 0 Å². The molecule has 10 heteroatoms. The Hall–Kier alpha value is -3.82. The molecule has 3 amide bonds. The number of hydrogen-bond acceptors (Lipinski definition) is 7. The first-order valence-corrected chi connectivity index (χ1v) is 8.24. The van der Waals surface area contributed by atoms with Gasteiger partial charge < -0.3 is 20.2 Å². The van der Waals surface area contributed by atoms with Crippen LogP contribution in [0.15, 0.2) is 30.3 Å². The molecule has 0 bridgehead atoms. The smallest absolute Gasteiger partial charge is 0.364 e. The number of rotatable bonds is 6. The van der Waals surface area contributed by atoms with E-state index in [1.807, 2.05) is 0 Å². The van der Waals surface area contributed by atoms with Crippen LogP contribution in [0.4, 0.5) is 11.5 Å². The summed E-state index contributed by atoms with van der Waals surface area (Å²) in [4.78, 5) is 49.9. The molecule has 1 aromatic carbocycles. The predicted octanol–water partition coefficient (Wildman–Crippen LogP) is 2.23. The van der Waals surface area contributed by atoms with Crippen LogP contribution in [0, 0.1) is 17.0 Å². The highest BCUT2D eigenvalue weighted by molar-refractivity contribution is 6.11. The van der Waals surface area contributed by atoms with Gasteiger partial charge in [0.2, 0.25) is 5.91 Å².